The van der Waals surface area contributed by atoms with Crippen LogP contribution in [0.3, 0.4) is 0 Å². The summed E-state index contributed by atoms with van der Waals surface area (Å²) in [4.78, 5) is -0.141. The molecule has 0 aliphatic carbocycles. The zero-order valence-electron chi connectivity index (χ0n) is 10.2. The first kappa shape index (κ1) is 16.9. The van der Waals surface area contributed by atoms with E-state index in [1.54, 1.807) is 18.2 Å². The lowest BCUT2D eigenvalue weighted by molar-refractivity contribution is 0.601. The molecule has 2 aromatic rings. The fourth-order valence-corrected chi connectivity index (χ4v) is 4.21. The van der Waals surface area contributed by atoms with Gasteiger partial charge in [0.05, 0.1) is 21.4 Å². The van der Waals surface area contributed by atoms with E-state index in [1.165, 1.54) is 12.1 Å². The average molecular weight is 475 g/mol. The second-order valence-corrected chi connectivity index (χ2v) is 8.21. The van der Waals surface area contributed by atoms with Gasteiger partial charge in [0, 0.05) is 8.95 Å². The molecule has 2 aromatic carbocycles. The minimum Gasteiger partial charge on any atom is -0.396 e. The minimum atomic E-state index is -3.89. The number of nitrogens with one attached hydrogen (secondary N) is 1. The first-order valence-electron chi connectivity index (χ1n) is 5.43. The molecular formula is C12H8Br2Cl2N2O2S. The zero-order chi connectivity index (χ0) is 15.8. The van der Waals surface area contributed by atoms with E-state index in [0.29, 0.717) is 10.2 Å². The molecule has 112 valence electrons. The van der Waals surface area contributed by atoms with E-state index in [-0.39, 0.29) is 20.6 Å². The van der Waals surface area contributed by atoms with Crippen LogP contribution in [0.4, 0.5) is 11.4 Å². The zero-order valence-corrected chi connectivity index (χ0v) is 15.7. The lowest BCUT2D eigenvalue weighted by Crippen LogP contribution is -2.14. The summed E-state index contributed by atoms with van der Waals surface area (Å²) in [5.41, 5.74) is 6.05. The molecule has 0 atom stereocenters. The van der Waals surface area contributed by atoms with Gasteiger partial charge in [-0.05, 0) is 46.3 Å². The molecule has 9 heteroatoms. The largest absolute Gasteiger partial charge is 0.396 e. The van der Waals surface area contributed by atoms with Crippen molar-refractivity contribution in [1.82, 2.24) is 0 Å². The predicted octanol–water partition coefficient (Wildman–Crippen LogP) is 4.90. The highest BCUT2D eigenvalue weighted by Gasteiger charge is 2.21. The van der Waals surface area contributed by atoms with Crippen LogP contribution in [-0.2, 0) is 10.0 Å². The monoisotopic (exact) mass is 472 g/mol. The number of sulfonamides is 1. The van der Waals surface area contributed by atoms with Gasteiger partial charge in [0.25, 0.3) is 10.0 Å². The van der Waals surface area contributed by atoms with Gasteiger partial charge in [-0.1, -0.05) is 39.1 Å². The van der Waals surface area contributed by atoms with Crippen molar-refractivity contribution in [3.05, 3.63) is 49.3 Å². The third-order valence-corrected chi connectivity index (χ3v) is 5.99. The number of rotatable bonds is 3. The summed E-state index contributed by atoms with van der Waals surface area (Å²) >= 11 is 18.3. The van der Waals surface area contributed by atoms with E-state index in [4.69, 9.17) is 28.9 Å². The van der Waals surface area contributed by atoms with E-state index in [0.717, 1.165) is 4.47 Å². The quantitative estimate of drug-likeness (QED) is 0.621. The van der Waals surface area contributed by atoms with Crippen LogP contribution in [0.2, 0.25) is 10.0 Å². The highest BCUT2D eigenvalue weighted by atomic mass is 79.9. The number of anilines is 2. The highest BCUT2D eigenvalue weighted by Crippen LogP contribution is 2.35. The van der Waals surface area contributed by atoms with Crippen molar-refractivity contribution in [3.63, 3.8) is 0 Å². The third-order valence-electron chi connectivity index (χ3n) is 2.55. The van der Waals surface area contributed by atoms with E-state index in [2.05, 4.69) is 36.6 Å². The van der Waals surface area contributed by atoms with Crippen molar-refractivity contribution in [1.29, 1.82) is 0 Å². The first-order chi connectivity index (χ1) is 9.72. The Bertz CT molecular complexity index is 813. The molecule has 4 nitrogen and oxygen atoms in total. The molecule has 2 rings (SSSR count). The molecule has 0 saturated carbocycles. The van der Waals surface area contributed by atoms with Gasteiger partial charge >= 0.3 is 0 Å². The van der Waals surface area contributed by atoms with Crippen LogP contribution in [0.15, 0.2) is 44.2 Å². The maximum absolute atomic E-state index is 12.4. The van der Waals surface area contributed by atoms with Crippen LogP contribution < -0.4 is 10.5 Å². The number of hydrogen-bond donors (Lipinski definition) is 2. The highest BCUT2D eigenvalue weighted by molar-refractivity contribution is 9.11. The molecule has 0 amide bonds. The number of halogens is 4. The Morgan fingerprint density at radius 3 is 2.43 bits per heavy atom. The van der Waals surface area contributed by atoms with Crippen LogP contribution in [-0.4, -0.2) is 8.42 Å². The van der Waals surface area contributed by atoms with Crippen molar-refractivity contribution in [3.8, 4) is 0 Å². The predicted molar refractivity (Wildman–Crippen MR) is 93.5 cm³/mol. The number of benzene rings is 2. The van der Waals surface area contributed by atoms with Crippen molar-refractivity contribution < 1.29 is 8.42 Å². The van der Waals surface area contributed by atoms with Gasteiger partial charge < -0.3 is 5.73 Å². The summed E-state index contributed by atoms with van der Waals surface area (Å²) in [6.45, 7) is 0. The maximum atomic E-state index is 12.4. The molecule has 0 heterocycles. The van der Waals surface area contributed by atoms with Crippen LogP contribution in [0, 0.1) is 0 Å². The van der Waals surface area contributed by atoms with E-state index in [1.807, 2.05) is 0 Å². The summed E-state index contributed by atoms with van der Waals surface area (Å²) in [6, 6.07) is 7.78. The average Bonchev–Trinajstić information content (AvgIpc) is 2.39. The molecule has 0 radical (unpaired) electrons. The van der Waals surface area contributed by atoms with Crippen LogP contribution >= 0.6 is 55.1 Å². The summed E-state index contributed by atoms with van der Waals surface area (Å²) < 4.78 is 28.6. The van der Waals surface area contributed by atoms with Gasteiger partial charge in [-0.15, -0.1) is 0 Å². The van der Waals surface area contributed by atoms with Crippen LogP contribution in [0.1, 0.15) is 0 Å². The molecule has 0 unspecified atom stereocenters. The Labute approximate surface area is 148 Å². The second-order valence-electron chi connectivity index (χ2n) is 4.00. The lowest BCUT2D eigenvalue weighted by atomic mass is 10.3. The van der Waals surface area contributed by atoms with Crippen molar-refractivity contribution in [2.24, 2.45) is 0 Å². The third kappa shape index (κ3) is 3.65. The van der Waals surface area contributed by atoms with Gasteiger partial charge in [-0.3, -0.25) is 4.72 Å². The Balaban J connectivity index is 2.49. The van der Waals surface area contributed by atoms with E-state index < -0.39 is 10.0 Å². The normalized spacial score (nSPS) is 11.4. The molecule has 0 fully saturated rings. The number of nitrogens with two attached hydrogens (primary N) is 1. The molecule has 0 bridgehead atoms. The summed E-state index contributed by atoms with van der Waals surface area (Å²) in [5, 5.41) is 0.0868. The molecule has 0 aromatic heterocycles. The van der Waals surface area contributed by atoms with Crippen molar-refractivity contribution in [2.75, 3.05) is 10.5 Å². The minimum absolute atomic E-state index is 0.0227. The van der Waals surface area contributed by atoms with Gasteiger partial charge in [-0.2, -0.15) is 0 Å². The van der Waals surface area contributed by atoms with Crippen LogP contribution in [0.5, 0.6) is 0 Å². The molecule has 0 spiro atoms. The SMILES string of the molecule is Nc1c(Cl)ccc(S(=O)(=O)Nc2cc(Br)ccc2Br)c1Cl. The summed E-state index contributed by atoms with van der Waals surface area (Å²) in [5.74, 6) is 0. The molecular weight excluding hydrogens is 467 g/mol. The van der Waals surface area contributed by atoms with Gasteiger partial charge in [0.1, 0.15) is 4.90 Å². The number of hydrogen-bond acceptors (Lipinski definition) is 3. The van der Waals surface area contributed by atoms with E-state index in [9.17, 15) is 8.42 Å². The Morgan fingerprint density at radius 1 is 1.10 bits per heavy atom. The lowest BCUT2D eigenvalue weighted by Gasteiger charge is -2.12. The maximum Gasteiger partial charge on any atom is 0.263 e. The van der Waals surface area contributed by atoms with Crippen LogP contribution in [0.25, 0.3) is 0 Å². The second kappa shape index (κ2) is 6.34. The molecule has 3 N–H and O–H groups in total. The first-order valence-corrected chi connectivity index (χ1v) is 9.26. The van der Waals surface area contributed by atoms with Gasteiger partial charge in [0.15, 0.2) is 0 Å². The van der Waals surface area contributed by atoms with Crippen molar-refractivity contribution >= 4 is 76.5 Å². The standard InChI is InChI=1S/C12H8Br2Cl2N2O2S/c13-6-1-2-7(14)9(5-6)18-21(19,20)10-4-3-8(15)12(17)11(10)16/h1-5,18H,17H2. The summed E-state index contributed by atoms with van der Waals surface area (Å²) in [7, 11) is -3.89. The smallest absolute Gasteiger partial charge is 0.263 e. The molecule has 0 saturated heterocycles. The van der Waals surface area contributed by atoms with Crippen molar-refractivity contribution in [2.45, 2.75) is 4.90 Å². The number of nitrogen functional groups attached to an aromatic ring is 1. The van der Waals surface area contributed by atoms with E-state index >= 15 is 0 Å². The molecule has 0 aliphatic rings. The Morgan fingerprint density at radius 2 is 1.76 bits per heavy atom. The molecule has 0 aliphatic heterocycles. The van der Waals surface area contributed by atoms with Gasteiger partial charge in [0.2, 0.25) is 0 Å². The molecule has 21 heavy (non-hydrogen) atoms. The fraction of sp³-hybridized carbons (Fsp3) is 0. The fourth-order valence-electron chi connectivity index (χ4n) is 1.53. The Hall–Kier alpha value is -0.470. The topological polar surface area (TPSA) is 72.2 Å². The van der Waals surface area contributed by atoms with Gasteiger partial charge in [-0.25, -0.2) is 8.42 Å². The summed E-state index contributed by atoms with van der Waals surface area (Å²) in [6.07, 6.45) is 0. The Kier molecular flexibility index (Phi) is 5.10.